The lowest BCUT2D eigenvalue weighted by Crippen LogP contribution is -2.53. The van der Waals surface area contributed by atoms with E-state index in [1.807, 2.05) is 7.11 Å². The summed E-state index contributed by atoms with van der Waals surface area (Å²) in [4.78, 5) is 0. The molecule has 1 atom stereocenters. The molecule has 1 aliphatic carbocycles. The Morgan fingerprint density at radius 1 is 1.07 bits per heavy atom. The zero-order chi connectivity index (χ0) is 11.3. The number of ether oxygens (including phenoxy) is 1. The van der Waals surface area contributed by atoms with E-state index in [4.69, 9.17) is 4.74 Å². The van der Waals surface area contributed by atoms with E-state index >= 15 is 0 Å². The van der Waals surface area contributed by atoms with E-state index in [9.17, 15) is 0 Å². The summed E-state index contributed by atoms with van der Waals surface area (Å²) >= 11 is 0. The van der Waals surface area contributed by atoms with E-state index < -0.39 is 0 Å². The van der Waals surface area contributed by atoms with E-state index in [1.54, 1.807) is 0 Å². The van der Waals surface area contributed by atoms with Crippen molar-refractivity contribution in [2.75, 3.05) is 14.2 Å². The quantitative estimate of drug-likeness (QED) is 0.725. The minimum absolute atomic E-state index is 0.0828. The fourth-order valence-electron chi connectivity index (χ4n) is 3.17. The van der Waals surface area contributed by atoms with Crippen LogP contribution in [0.3, 0.4) is 0 Å². The van der Waals surface area contributed by atoms with Crippen LogP contribution < -0.4 is 5.32 Å². The number of rotatable bonds is 4. The molecule has 1 saturated carbocycles. The highest BCUT2D eigenvalue weighted by Gasteiger charge is 2.39. The second-order valence-electron chi connectivity index (χ2n) is 5.19. The Kier molecular flexibility index (Phi) is 5.07. The fraction of sp³-hybridized carbons (Fsp3) is 1.00. The summed E-state index contributed by atoms with van der Waals surface area (Å²) in [5.74, 6) is 0.632. The molecule has 15 heavy (non-hydrogen) atoms. The van der Waals surface area contributed by atoms with Gasteiger partial charge in [0.2, 0.25) is 0 Å². The first-order valence-corrected chi connectivity index (χ1v) is 6.38. The first-order chi connectivity index (χ1) is 7.16. The lowest BCUT2D eigenvalue weighted by atomic mass is 9.80. The zero-order valence-electron chi connectivity index (χ0n) is 10.8. The Labute approximate surface area is 94.8 Å². The topological polar surface area (TPSA) is 21.3 Å². The van der Waals surface area contributed by atoms with Crippen molar-refractivity contribution in [3.8, 4) is 0 Å². The van der Waals surface area contributed by atoms with Gasteiger partial charge in [-0.3, -0.25) is 0 Å². The van der Waals surface area contributed by atoms with Crippen LogP contribution in [0.4, 0.5) is 0 Å². The first kappa shape index (κ1) is 13.0. The zero-order valence-corrected chi connectivity index (χ0v) is 10.8. The van der Waals surface area contributed by atoms with E-state index in [1.165, 1.54) is 38.5 Å². The van der Waals surface area contributed by atoms with Gasteiger partial charge in [-0.15, -0.1) is 0 Å². The highest BCUT2D eigenvalue weighted by Crippen LogP contribution is 2.35. The molecule has 0 saturated heterocycles. The van der Waals surface area contributed by atoms with Gasteiger partial charge in [-0.25, -0.2) is 0 Å². The molecule has 0 amide bonds. The summed E-state index contributed by atoms with van der Waals surface area (Å²) in [6.07, 6.45) is 7.82. The van der Waals surface area contributed by atoms with E-state index in [0.29, 0.717) is 12.0 Å². The smallest absolute Gasteiger partial charge is 0.0833 e. The number of hydrogen-bond acceptors (Lipinski definition) is 2. The maximum Gasteiger partial charge on any atom is 0.0833 e. The van der Waals surface area contributed by atoms with Gasteiger partial charge in [0.05, 0.1) is 5.60 Å². The molecule has 1 unspecified atom stereocenters. The standard InChI is InChI=1S/C13H27NO/c1-11(2)12(14-3)13(15-4)9-7-5-6-8-10-13/h11-12,14H,5-10H2,1-4H3. The van der Waals surface area contributed by atoms with Gasteiger partial charge in [0.25, 0.3) is 0 Å². The van der Waals surface area contributed by atoms with Crippen molar-refractivity contribution in [2.45, 2.75) is 64.0 Å². The van der Waals surface area contributed by atoms with Gasteiger partial charge < -0.3 is 10.1 Å². The van der Waals surface area contributed by atoms with Crippen molar-refractivity contribution in [2.24, 2.45) is 5.92 Å². The molecule has 1 N–H and O–H groups in total. The van der Waals surface area contributed by atoms with Crippen LogP contribution in [0.25, 0.3) is 0 Å². The Morgan fingerprint density at radius 3 is 1.93 bits per heavy atom. The second-order valence-corrected chi connectivity index (χ2v) is 5.19. The van der Waals surface area contributed by atoms with Gasteiger partial charge in [0.1, 0.15) is 0 Å². The lowest BCUT2D eigenvalue weighted by Gasteiger charge is -2.41. The molecule has 0 aromatic rings. The molecule has 0 spiro atoms. The number of nitrogens with one attached hydrogen (secondary N) is 1. The number of methoxy groups -OCH3 is 1. The van der Waals surface area contributed by atoms with Crippen LogP contribution in [-0.4, -0.2) is 25.8 Å². The van der Waals surface area contributed by atoms with Gasteiger partial charge in [0, 0.05) is 13.2 Å². The summed E-state index contributed by atoms with van der Waals surface area (Å²) < 4.78 is 5.91. The van der Waals surface area contributed by atoms with E-state index in [-0.39, 0.29) is 5.60 Å². The molecule has 1 rings (SSSR count). The van der Waals surface area contributed by atoms with Crippen molar-refractivity contribution in [3.05, 3.63) is 0 Å². The fourth-order valence-corrected chi connectivity index (χ4v) is 3.17. The second kappa shape index (κ2) is 5.86. The Morgan fingerprint density at radius 2 is 1.60 bits per heavy atom. The van der Waals surface area contributed by atoms with Crippen LogP contribution in [0.1, 0.15) is 52.4 Å². The SMILES string of the molecule is CNC(C(C)C)C1(OC)CCCCCC1. The summed E-state index contributed by atoms with van der Waals surface area (Å²) in [6, 6.07) is 0.487. The van der Waals surface area contributed by atoms with E-state index in [2.05, 4.69) is 26.2 Å². The van der Waals surface area contributed by atoms with Crippen LogP contribution in [-0.2, 0) is 4.74 Å². The molecule has 0 aromatic heterocycles. The van der Waals surface area contributed by atoms with Crippen LogP contribution in [0.15, 0.2) is 0 Å². The average Bonchev–Trinajstić information content (AvgIpc) is 2.45. The van der Waals surface area contributed by atoms with Crippen LogP contribution in [0, 0.1) is 5.92 Å². The third-order valence-corrected chi connectivity index (χ3v) is 3.90. The van der Waals surface area contributed by atoms with Gasteiger partial charge in [-0.2, -0.15) is 0 Å². The Bertz CT molecular complexity index is 171. The molecule has 1 fully saturated rings. The minimum Gasteiger partial charge on any atom is -0.377 e. The molecule has 0 aliphatic heterocycles. The van der Waals surface area contributed by atoms with Gasteiger partial charge in [0.15, 0.2) is 0 Å². The Hall–Kier alpha value is -0.0800. The van der Waals surface area contributed by atoms with Crippen molar-refractivity contribution >= 4 is 0 Å². The van der Waals surface area contributed by atoms with Gasteiger partial charge >= 0.3 is 0 Å². The lowest BCUT2D eigenvalue weighted by molar-refractivity contribution is -0.0623. The molecule has 0 bridgehead atoms. The van der Waals surface area contributed by atoms with Crippen molar-refractivity contribution in [1.82, 2.24) is 5.32 Å². The minimum atomic E-state index is 0.0828. The summed E-state index contributed by atoms with van der Waals surface area (Å²) in [5, 5.41) is 3.47. The molecular formula is C13H27NO. The summed E-state index contributed by atoms with van der Waals surface area (Å²) in [6.45, 7) is 4.57. The first-order valence-electron chi connectivity index (χ1n) is 6.38. The predicted octanol–water partition coefficient (Wildman–Crippen LogP) is 2.97. The molecule has 0 radical (unpaired) electrons. The molecule has 0 heterocycles. The Balaban J connectivity index is 2.78. The maximum atomic E-state index is 5.91. The van der Waals surface area contributed by atoms with Crippen LogP contribution in [0.5, 0.6) is 0 Å². The van der Waals surface area contributed by atoms with Crippen LogP contribution in [0.2, 0.25) is 0 Å². The number of likely N-dealkylation sites (N-methyl/N-ethyl adjacent to an activating group) is 1. The molecular weight excluding hydrogens is 186 g/mol. The van der Waals surface area contributed by atoms with Crippen molar-refractivity contribution < 1.29 is 4.74 Å². The molecule has 1 aliphatic rings. The monoisotopic (exact) mass is 213 g/mol. The molecule has 2 heteroatoms. The van der Waals surface area contributed by atoms with Crippen LogP contribution >= 0.6 is 0 Å². The largest absolute Gasteiger partial charge is 0.377 e. The van der Waals surface area contributed by atoms with Crippen molar-refractivity contribution in [1.29, 1.82) is 0 Å². The third kappa shape index (κ3) is 2.94. The van der Waals surface area contributed by atoms with Gasteiger partial charge in [-0.05, 0) is 25.8 Å². The molecule has 2 nitrogen and oxygen atoms in total. The average molecular weight is 213 g/mol. The predicted molar refractivity (Wildman–Crippen MR) is 65.1 cm³/mol. The van der Waals surface area contributed by atoms with Gasteiger partial charge in [-0.1, -0.05) is 39.5 Å². The summed E-state index contributed by atoms with van der Waals surface area (Å²) in [7, 11) is 3.95. The third-order valence-electron chi connectivity index (χ3n) is 3.90. The summed E-state index contributed by atoms with van der Waals surface area (Å²) in [5.41, 5.74) is 0.0828. The highest BCUT2D eigenvalue weighted by atomic mass is 16.5. The highest BCUT2D eigenvalue weighted by molar-refractivity contribution is 4.95. The molecule has 0 aromatic carbocycles. The van der Waals surface area contributed by atoms with Crippen molar-refractivity contribution in [3.63, 3.8) is 0 Å². The number of hydrogen-bond donors (Lipinski definition) is 1. The maximum absolute atomic E-state index is 5.91. The normalized spacial score (nSPS) is 23.8. The van der Waals surface area contributed by atoms with E-state index in [0.717, 1.165) is 0 Å². The molecule has 90 valence electrons.